The molecule has 2 unspecified atom stereocenters. The Morgan fingerprint density at radius 1 is 0.793 bits per heavy atom. The average Bonchev–Trinajstić information content (AvgIpc) is 3.03. The smallest absolute Gasteiger partial charge is 0.0543 e. The summed E-state index contributed by atoms with van der Waals surface area (Å²) >= 11 is 0. The molecule has 4 rings (SSSR count). The lowest BCUT2D eigenvalue weighted by molar-refractivity contribution is -0.128. The SMILES string of the molecule is CC(C)[C@@H](C)C=C[C@@H](C)[C@H]1CC[C@H]2[C@@H]3CCC4CC(O)CC[C@]4(C)[C@H]3CC[C@]12C. The minimum atomic E-state index is -0.0183. The summed E-state index contributed by atoms with van der Waals surface area (Å²) in [5.41, 5.74) is 1.07. The van der Waals surface area contributed by atoms with Crippen molar-refractivity contribution in [1.29, 1.82) is 0 Å². The van der Waals surface area contributed by atoms with E-state index in [9.17, 15) is 5.11 Å². The van der Waals surface area contributed by atoms with E-state index in [2.05, 4.69) is 53.7 Å². The van der Waals surface area contributed by atoms with Gasteiger partial charge in [0.05, 0.1) is 6.10 Å². The van der Waals surface area contributed by atoms with Crippen LogP contribution in [0.5, 0.6) is 0 Å². The number of rotatable bonds is 4. The maximum atomic E-state index is 10.3. The highest BCUT2D eigenvalue weighted by Crippen LogP contribution is 2.68. The van der Waals surface area contributed by atoms with Crippen LogP contribution < -0.4 is 0 Å². The second-order valence-electron chi connectivity index (χ2n) is 12.7. The van der Waals surface area contributed by atoms with Crippen LogP contribution in [0.25, 0.3) is 0 Å². The fraction of sp³-hybridized carbons (Fsp3) is 0.929. The fourth-order valence-corrected chi connectivity index (χ4v) is 8.85. The molecule has 1 heteroatoms. The summed E-state index contributed by atoms with van der Waals surface area (Å²) in [7, 11) is 0. The highest BCUT2D eigenvalue weighted by Gasteiger charge is 2.60. The Morgan fingerprint density at radius 2 is 1.48 bits per heavy atom. The van der Waals surface area contributed by atoms with Gasteiger partial charge in [0, 0.05) is 0 Å². The molecule has 0 aromatic heterocycles. The largest absolute Gasteiger partial charge is 0.393 e. The molecule has 1 N–H and O–H groups in total. The summed E-state index contributed by atoms with van der Waals surface area (Å²) in [6, 6.07) is 0. The Bertz CT molecular complexity index is 607. The normalized spacial score (nSPS) is 49.5. The first-order chi connectivity index (χ1) is 13.7. The van der Waals surface area contributed by atoms with Crippen molar-refractivity contribution in [2.24, 2.45) is 58.2 Å². The molecule has 0 radical (unpaired) electrons. The molecule has 29 heavy (non-hydrogen) atoms. The maximum absolute atomic E-state index is 10.3. The van der Waals surface area contributed by atoms with Gasteiger partial charge in [-0.1, -0.05) is 53.7 Å². The zero-order valence-corrected chi connectivity index (χ0v) is 20.2. The number of aliphatic hydroxyl groups excluding tert-OH is 1. The molecule has 0 amide bonds. The van der Waals surface area contributed by atoms with Crippen molar-refractivity contribution in [2.75, 3.05) is 0 Å². The van der Waals surface area contributed by atoms with Gasteiger partial charge >= 0.3 is 0 Å². The van der Waals surface area contributed by atoms with E-state index in [1.165, 1.54) is 44.9 Å². The molecular formula is C28H48O. The minimum Gasteiger partial charge on any atom is -0.393 e. The fourth-order valence-electron chi connectivity index (χ4n) is 8.85. The van der Waals surface area contributed by atoms with Gasteiger partial charge in [-0.3, -0.25) is 0 Å². The Labute approximate surface area is 181 Å². The molecule has 0 heterocycles. The predicted molar refractivity (Wildman–Crippen MR) is 124 cm³/mol. The molecule has 166 valence electrons. The van der Waals surface area contributed by atoms with Gasteiger partial charge in [-0.2, -0.15) is 0 Å². The molecule has 0 aliphatic heterocycles. The van der Waals surface area contributed by atoms with Crippen LogP contribution in [0.15, 0.2) is 12.2 Å². The van der Waals surface area contributed by atoms with Crippen LogP contribution in [0.3, 0.4) is 0 Å². The maximum Gasteiger partial charge on any atom is 0.0543 e. The van der Waals surface area contributed by atoms with Crippen molar-refractivity contribution in [3.8, 4) is 0 Å². The lowest BCUT2D eigenvalue weighted by Crippen LogP contribution is -2.54. The lowest BCUT2D eigenvalue weighted by Gasteiger charge is -2.61. The second-order valence-corrected chi connectivity index (χ2v) is 12.7. The summed E-state index contributed by atoms with van der Waals surface area (Å²) in [6.07, 6.45) is 17.1. The molecule has 0 aromatic rings. The Balaban J connectivity index is 1.50. The highest BCUT2D eigenvalue weighted by molar-refractivity contribution is 5.11. The van der Waals surface area contributed by atoms with Gasteiger partial charge in [-0.15, -0.1) is 0 Å². The molecule has 1 nitrogen and oxygen atoms in total. The van der Waals surface area contributed by atoms with Gasteiger partial charge in [0.15, 0.2) is 0 Å². The van der Waals surface area contributed by atoms with Crippen LogP contribution in [0.4, 0.5) is 0 Å². The number of hydrogen-bond donors (Lipinski definition) is 1. The Kier molecular flexibility index (Phi) is 6.04. The average molecular weight is 401 g/mol. The van der Waals surface area contributed by atoms with Crippen LogP contribution in [-0.2, 0) is 0 Å². The first kappa shape index (κ1) is 21.9. The number of fused-ring (bicyclic) bond motifs is 5. The quantitative estimate of drug-likeness (QED) is 0.485. The molecule has 4 aliphatic carbocycles. The summed E-state index contributed by atoms with van der Waals surface area (Å²) in [4.78, 5) is 0. The molecule has 0 saturated heterocycles. The first-order valence-electron chi connectivity index (χ1n) is 13.0. The van der Waals surface area contributed by atoms with Gasteiger partial charge in [0.1, 0.15) is 0 Å². The topological polar surface area (TPSA) is 20.2 Å². The summed E-state index contributed by atoms with van der Waals surface area (Å²) < 4.78 is 0. The van der Waals surface area contributed by atoms with E-state index >= 15 is 0 Å². The standard InChI is InChI=1S/C28H48O/c1-18(2)19(3)7-8-20(4)24-11-12-25-23-10-9-21-17-22(29)13-15-27(21,5)26(23)14-16-28(24,25)6/h7-8,18-26,29H,9-17H2,1-6H3/t19-,20+,21?,22?,23-,24+,25-,26-,27-,28+/m0/s1. The molecule has 4 fully saturated rings. The van der Waals surface area contributed by atoms with Crippen LogP contribution in [0, 0.1) is 58.2 Å². The molecule has 0 aromatic carbocycles. The summed E-state index contributed by atoms with van der Waals surface area (Å²) in [5.74, 6) is 6.66. The van der Waals surface area contributed by atoms with Crippen molar-refractivity contribution in [3.63, 3.8) is 0 Å². The highest BCUT2D eigenvalue weighted by atomic mass is 16.3. The third-order valence-corrected chi connectivity index (χ3v) is 11.1. The van der Waals surface area contributed by atoms with E-state index < -0.39 is 0 Å². The first-order valence-corrected chi connectivity index (χ1v) is 13.0. The molecular weight excluding hydrogens is 352 g/mol. The third-order valence-electron chi connectivity index (χ3n) is 11.1. The van der Waals surface area contributed by atoms with Crippen molar-refractivity contribution in [2.45, 2.75) is 105 Å². The molecule has 0 bridgehead atoms. The van der Waals surface area contributed by atoms with E-state index in [0.29, 0.717) is 16.7 Å². The van der Waals surface area contributed by atoms with Crippen molar-refractivity contribution in [1.82, 2.24) is 0 Å². The van der Waals surface area contributed by atoms with Gasteiger partial charge in [-0.25, -0.2) is 0 Å². The Hall–Kier alpha value is -0.300. The Morgan fingerprint density at radius 3 is 2.21 bits per heavy atom. The van der Waals surface area contributed by atoms with Crippen molar-refractivity contribution < 1.29 is 5.11 Å². The van der Waals surface area contributed by atoms with Gasteiger partial charge in [0.2, 0.25) is 0 Å². The number of allylic oxidation sites excluding steroid dienone is 2. The molecule has 4 aliphatic rings. The van der Waals surface area contributed by atoms with E-state index in [1.807, 2.05) is 0 Å². The van der Waals surface area contributed by atoms with E-state index in [4.69, 9.17) is 0 Å². The molecule has 4 saturated carbocycles. The van der Waals surface area contributed by atoms with Crippen molar-refractivity contribution >= 4 is 0 Å². The van der Waals surface area contributed by atoms with Crippen molar-refractivity contribution in [3.05, 3.63) is 12.2 Å². The monoisotopic (exact) mass is 400 g/mol. The van der Waals surface area contributed by atoms with Gasteiger partial charge in [-0.05, 0) is 116 Å². The van der Waals surface area contributed by atoms with E-state index in [-0.39, 0.29) is 6.10 Å². The predicted octanol–water partition coefficient (Wildman–Crippen LogP) is 7.49. The number of hydrogen-bond acceptors (Lipinski definition) is 1. The van der Waals surface area contributed by atoms with Gasteiger partial charge < -0.3 is 5.11 Å². The third kappa shape index (κ3) is 3.66. The lowest BCUT2D eigenvalue weighted by atomic mass is 9.44. The van der Waals surface area contributed by atoms with Crippen LogP contribution in [0.2, 0.25) is 0 Å². The van der Waals surface area contributed by atoms with Crippen LogP contribution in [0.1, 0.15) is 99.3 Å². The van der Waals surface area contributed by atoms with E-state index in [1.54, 1.807) is 0 Å². The molecule has 0 spiro atoms. The van der Waals surface area contributed by atoms with Crippen LogP contribution in [-0.4, -0.2) is 11.2 Å². The van der Waals surface area contributed by atoms with Gasteiger partial charge in [0.25, 0.3) is 0 Å². The number of aliphatic hydroxyl groups is 1. The zero-order chi connectivity index (χ0) is 21.0. The minimum absolute atomic E-state index is 0.0183. The summed E-state index contributed by atoms with van der Waals surface area (Å²) in [5, 5.41) is 10.3. The molecule has 10 atom stereocenters. The second kappa shape index (κ2) is 7.99. The van der Waals surface area contributed by atoms with Crippen LogP contribution >= 0.6 is 0 Å². The van der Waals surface area contributed by atoms with E-state index in [0.717, 1.165) is 54.3 Å². The summed E-state index contributed by atoms with van der Waals surface area (Å²) in [6.45, 7) is 14.9. The zero-order valence-electron chi connectivity index (χ0n) is 20.2.